The number of ether oxygens (including phenoxy) is 2. The highest BCUT2D eigenvalue weighted by Gasteiger charge is 2.27. The number of hydrogen-bond acceptors (Lipinski definition) is 4. The van der Waals surface area contributed by atoms with Gasteiger partial charge in [-0.25, -0.2) is 4.39 Å². The van der Waals surface area contributed by atoms with Crippen LogP contribution in [0.15, 0.2) is 90.6 Å². The van der Waals surface area contributed by atoms with Crippen LogP contribution in [-0.4, -0.2) is 14.2 Å². The minimum Gasteiger partial charge on any atom is -0.496 e. The number of anilines is 1. The van der Waals surface area contributed by atoms with E-state index in [9.17, 15) is 4.39 Å². The van der Waals surface area contributed by atoms with Crippen molar-refractivity contribution >= 4 is 11.8 Å². The molecule has 0 radical (unpaired) electrons. The molecule has 0 saturated carbocycles. The van der Waals surface area contributed by atoms with Crippen molar-refractivity contribution in [2.45, 2.75) is 6.04 Å². The second-order valence-electron chi connectivity index (χ2n) is 6.84. The first-order valence-corrected chi connectivity index (χ1v) is 9.67. The van der Waals surface area contributed by atoms with Gasteiger partial charge in [-0.05, 0) is 54.6 Å². The molecule has 0 bridgehead atoms. The van der Waals surface area contributed by atoms with Crippen molar-refractivity contribution in [3.8, 4) is 11.5 Å². The van der Waals surface area contributed by atoms with E-state index in [2.05, 4.69) is 11.5 Å². The first-order valence-electron chi connectivity index (χ1n) is 9.67. The molecule has 0 saturated heterocycles. The fourth-order valence-electron chi connectivity index (χ4n) is 3.53. The molecule has 0 amide bonds. The number of rotatable bonds is 6. The van der Waals surface area contributed by atoms with Crippen LogP contribution in [0.4, 0.5) is 10.1 Å². The van der Waals surface area contributed by atoms with Crippen LogP contribution < -0.4 is 19.9 Å². The fourth-order valence-corrected chi connectivity index (χ4v) is 3.53. The molecule has 0 spiro atoms. The van der Waals surface area contributed by atoms with E-state index in [4.69, 9.17) is 9.47 Å². The van der Waals surface area contributed by atoms with E-state index < -0.39 is 0 Å². The molecule has 1 aliphatic heterocycles. The van der Waals surface area contributed by atoms with Gasteiger partial charge in [0.25, 0.3) is 0 Å². The number of allylic oxidation sites excluding steroid dienone is 1. The van der Waals surface area contributed by atoms with Crippen molar-refractivity contribution in [2.75, 3.05) is 19.2 Å². The molecule has 1 heterocycles. The zero-order chi connectivity index (χ0) is 20.9. The maximum absolute atomic E-state index is 13.5. The van der Waals surface area contributed by atoms with Crippen molar-refractivity contribution in [1.82, 2.24) is 5.43 Å². The average molecular weight is 402 g/mol. The Labute approximate surface area is 175 Å². The number of hydrazine groups is 1. The van der Waals surface area contributed by atoms with E-state index in [1.54, 1.807) is 26.4 Å². The average Bonchev–Trinajstić information content (AvgIpc) is 3.22. The maximum Gasteiger partial charge on any atom is 0.126 e. The monoisotopic (exact) mass is 402 g/mol. The van der Waals surface area contributed by atoms with Gasteiger partial charge in [0.2, 0.25) is 0 Å². The van der Waals surface area contributed by atoms with Gasteiger partial charge in [-0.15, -0.1) is 0 Å². The summed E-state index contributed by atoms with van der Waals surface area (Å²) in [6.07, 6.45) is 6.13. The summed E-state index contributed by atoms with van der Waals surface area (Å²) in [5.74, 6) is 1.34. The number of benzene rings is 3. The number of para-hydroxylation sites is 2. The summed E-state index contributed by atoms with van der Waals surface area (Å²) >= 11 is 0. The SMILES string of the molecule is COc1ccccc1/C=C/C1=C[C@@H](c2ccccc2OC)N(c2ccc(F)cc2)N1. The van der Waals surface area contributed by atoms with Crippen molar-refractivity contribution in [1.29, 1.82) is 0 Å². The molecular weight excluding hydrogens is 379 g/mol. The zero-order valence-corrected chi connectivity index (χ0v) is 16.9. The third kappa shape index (κ3) is 4.01. The smallest absolute Gasteiger partial charge is 0.126 e. The highest BCUT2D eigenvalue weighted by molar-refractivity contribution is 5.62. The second kappa shape index (κ2) is 8.74. The predicted octanol–water partition coefficient (Wildman–Crippen LogP) is 5.51. The Hall–Kier alpha value is -3.73. The molecule has 30 heavy (non-hydrogen) atoms. The molecule has 5 heteroatoms. The van der Waals surface area contributed by atoms with Gasteiger partial charge in [0.1, 0.15) is 17.3 Å². The number of methoxy groups -OCH3 is 2. The van der Waals surface area contributed by atoms with Gasteiger partial charge in [-0.1, -0.05) is 36.4 Å². The molecule has 3 aromatic carbocycles. The van der Waals surface area contributed by atoms with E-state index >= 15 is 0 Å². The van der Waals surface area contributed by atoms with Gasteiger partial charge < -0.3 is 9.47 Å². The van der Waals surface area contributed by atoms with Gasteiger partial charge in [0.05, 0.1) is 31.6 Å². The molecule has 0 unspecified atom stereocenters. The van der Waals surface area contributed by atoms with Crippen molar-refractivity contribution in [2.24, 2.45) is 0 Å². The Balaban J connectivity index is 1.70. The summed E-state index contributed by atoms with van der Waals surface area (Å²) in [6, 6.07) is 22.0. The lowest BCUT2D eigenvalue weighted by Gasteiger charge is -2.28. The predicted molar refractivity (Wildman–Crippen MR) is 118 cm³/mol. The summed E-state index contributed by atoms with van der Waals surface area (Å²) in [5.41, 5.74) is 7.19. The van der Waals surface area contributed by atoms with E-state index in [0.717, 1.165) is 34.0 Å². The second-order valence-corrected chi connectivity index (χ2v) is 6.84. The first-order chi connectivity index (χ1) is 14.7. The summed E-state index contributed by atoms with van der Waals surface area (Å²) in [6.45, 7) is 0. The number of halogens is 1. The van der Waals surface area contributed by atoms with E-state index in [0.29, 0.717) is 0 Å². The van der Waals surface area contributed by atoms with Gasteiger partial charge in [0.15, 0.2) is 0 Å². The summed E-state index contributed by atoms with van der Waals surface area (Å²) in [4.78, 5) is 0. The van der Waals surface area contributed by atoms with Gasteiger partial charge in [-0.2, -0.15) is 0 Å². The quantitative estimate of drug-likeness (QED) is 0.590. The lowest BCUT2D eigenvalue weighted by Crippen LogP contribution is -2.34. The van der Waals surface area contributed by atoms with Crippen LogP contribution in [0.25, 0.3) is 6.08 Å². The summed E-state index contributed by atoms with van der Waals surface area (Å²) < 4.78 is 24.5. The number of hydrogen-bond donors (Lipinski definition) is 1. The highest BCUT2D eigenvalue weighted by atomic mass is 19.1. The van der Waals surface area contributed by atoms with Crippen LogP contribution in [0.5, 0.6) is 11.5 Å². The Bertz CT molecular complexity index is 1080. The lowest BCUT2D eigenvalue weighted by atomic mass is 10.0. The summed E-state index contributed by atoms with van der Waals surface area (Å²) in [7, 11) is 3.32. The van der Waals surface area contributed by atoms with Gasteiger partial charge in [0, 0.05) is 11.1 Å². The standard InChI is InChI=1S/C25H23FN2O2/c1-29-24-9-5-3-7-18(24)11-14-20-17-23(22-8-4-6-10-25(22)30-2)28(27-20)21-15-12-19(26)13-16-21/h3-17,23,27H,1-2H3/b14-11+/t23-/m0/s1. The molecule has 152 valence electrons. The Kier molecular flexibility index (Phi) is 5.70. The molecule has 0 aliphatic carbocycles. The Morgan fingerprint density at radius 1 is 0.833 bits per heavy atom. The van der Waals surface area contributed by atoms with Crippen LogP contribution in [0.1, 0.15) is 17.2 Å². The topological polar surface area (TPSA) is 33.7 Å². The van der Waals surface area contributed by atoms with Crippen LogP contribution in [0.3, 0.4) is 0 Å². The molecule has 1 aliphatic rings. The lowest BCUT2D eigenvalue weighted by molar-refractivity contribution is 0.407. The number of nitrogens with one attached hydrogen (secondary N) is 1. The zero-order valence-electron chi connectivity index (χ0n) is 16.9. The molecule has 3 aromatic rings. The molecule has 1 atom stereocenters. The van der Waals surface area contributed by atoms with E-state index in [-0.39, 0.29) is 11.9 Å². The molecule has 4 nitrogen and oxygen atoms in total. The molecule has 4 rings (SSSR count). The van der Waals surface area contributed by atoms with Crippen LogP contribution in [0, 0.1) is 5.82 Å². The van der Waals surface area contributed by atoms with Crippen molar-refractivity contribution in [3.63, 3.8) is 0 Å². The van der Waals surface area contributed by atoms with Crippen LogP contribution >= 0.6 is 0 Å². The van der Waals surface area contributed by atoms with Gasteiger partial charge in [-0.3, -0.25) is 10.4 Å². The van der Waals surface area contributed by atoms with Crippen molar-refractivity contribution < 1.29 is 13.9 Å². The molecular formula is C25H23FN2O2. The third-order valence-corrected chi connectivity index (χ3v) is 5.01. The summed E-state index contributed by atoms with van der Waals surface area (Å²) in [5, 5.41) is 2.00. The van der Waals surface area contributed by atoms with Crippen LogP contribution in [-0.2, 0) is 0 Å². The van der Waals surface area contributed by atoms with Crippen LogP contribution in [0.2, 0.25) is 0 Å². The first kappa shape index (κ1) is 19.6. The minimum atomic E-state index is -0.268. The Morgan fingerprint density at radius 2 is 1.50 bits per heavy atom. The van der Waals surface area contributed by atoms with E-state index in [1.807, 2.05) is 65.7 Å². The normalized spacial score (nSPS) is 15.8. The third-order valence-electron chi connectivity index (χ3n) is 5.01. The molecule has 0 fully saturated rings. The van der Waals surface area contributed by atoms with Gasteiger partial charge >= 0.3 is 0 Å². The van der Waals surface area contributed by atoms with Crippen molar-refractivity contribution in [3.05, 3.63) is 108 Å². The Morgan fingerprint density at radius 3 is 2.23 bits per heavy atom. The largest absolute Gasteiger partial charge is 0.496 e. The highest BCUT2D eigenvalue weighted by Crippen LogP contribution is 2.37. The fraction of sp³-hybridized carbons (Fsp3) is 0.120. The maximum atomic E-state index is 13.5. The molecule has 0 aromatic heterocycles. The minimum absolute atomic E-state index is 0.121. The van der Waals surface area contributed by atoms with E-state index in [1.165, 1.54) is 12.1 Å². The molecule has 1 N–H and O–H groups in total. The number of nitrogens with zero attached hydrogens (tertiary/aromatic N) is 1.